The Hall–Kier alpha value is -1.89. The van der Waals surface area contributed by atoms with E-state index < -0.39 is 0 Å². The number of esters is 2. The molecule has 0 spiro atoms. The average molecular weight is 782 g/mol. The lowest BCUT2D eigenvalue weighted by atomic mass is 9.62. The molecule has 4 aliphatic carbocycles. The number of rotatable bonds is 35. The summed E-state index contributed by atoms with van der Waals surface area (Å²) in [5, 5.41) is 0. The van der Waals surface area contributed by atoms with E-state index in [-0.39, 0.29) is 11.9 Å². The van der Waals surface area contributed by atoms with Gasteiger partial charge in [0.15, 0.2) is 0 Å². The molecule has 322 valence electrons. The number of fused-ring (bicyclic) bond motifs is 1. The summed E-state index contributed by atoms with van der Waals surface area (Å²) >= 11 is 0. The van der Waals surface area contributed by atoms with Crippen molar-refractivity contribution in [3.05, 3.63) is 18.7 Å². The molecular formula is C49H87N3O4. The van der Waals surface area contributed by atoms with Gasteiger partial charge in [0.05, 0.1) is 19.5 Å². The highest BCUT2D eigenvalue weighted by Gasteiger charge is 2.48. The number of unbranched alkanes of at least 4 members (excludes halogenated alkanes) is 14. The SMILES string of the molecule is CCCCCCC(CCCCCC)CCOC(=O)CCCCCCCN(CCCCCCCC(=O)OCC12CCC3CC(CC(C3)C1)C2)CCCn1ccnc1. The molecule has 0 N–H and O–H groups in total. The Morgan fingerprint density at radius 3 is 1.84 bits per heavy atom. The fourth-order valence-corrected chi connectivity index (χ4v) is 10.9. The molecule has 1 heterocycles. The summed E-state index contributed by atoms with van der Waals surface area (Å²) in [4.78, 5) is 32.0. The van der Waals surface area contributed by atoms with Gasteiger partial charge in [-0.25, -0.2) is 4.98 Å². The Balaban J connectivity index is 1.01. The van der Waals surface area contributed by atoms with Gasteiger partial charge in [-0.3, -0.25) is 9.59 Å². The van der Waals surface area contributed by atoms with Crippen molar-refractivity contribution in [1.29, 1.82) is 0 Å². The van der Waals surface area contributed by atoms with Gasteiger partial charge in [-0.1, -0.05) is 117 Å². The van der Waals surface area contributed by atoms with Crippen LogP contribution < -0.4 is 0 Å². The van der Waals surface area contributed by atoms with Crippen molar-refractivity contribution in [2.45, 2.75) is 219 Å². The number of hydrogen-bond acceptors (Lipinski definition) is 6. The summed E-state index contributed by atoms with van der Waals surface area (Å²) in [6.45, 7) is 10.3. The minimum atomic E-state index is 0.00693. The molecule has 56 heavy (non-hydrogen) atoms. The number of carbonyl (C=O) groups excluding carboxylic acids is 2. The summed E-state index contributed by atoms with van der Waals surface area (Å²) in [7, 11) is 0. The smallest absolute Gasteiger partial charge is 0.305 e. The van der Waals surface area contributed by atoms with Crippen molar-refractivity contribution in [3.63, 3.8) is 0 Å². The largest absolute Gasteiger partial charge is 0.466 e. The first-order valence-corrected chi connectivity index (χ1v) is 24.5. The normalized spacial score (nSPS) is 21.6. The molecular weight excluding hydrogens is 695 g/mol. The number of ether oxygens (including phenoxy) is 2. The highest BCUT2D eigenvalue weighted by atomic mass is 16.5. The van der Waals surface area contributed by atoms with Crippen molar-refractivity contribution >= 4 is 11.9 Å². The summed E-state index contributed by atoms with van der Waals surface area (Å²) in [6, 6.07) is 0. The molecule has 4 fully saturated rings. The van der Waals surface area contributed by atoms with Crippen molar-refractivity contribution in [2.75, 3.05) is 32.8 Å². The number of aromatic nitrogens is 2. The Morgan fingerprint density at radius 1 is 0.679 bits per heavy atom. The minimum Gasteiger partial charge on any atom is -0.466 e. The Kier molecular flexibility index (Phi) is 23.8. The number of aryl methyl sites for hydroxylation is 1. The Morgan fingerprint density at radius 2 is 1.23 bits per heavy atom. The third-order valence-electron chi connectivity index (χ3n) is 13.9. The van der Waals surface area contributed by atoms with Crippen molar-refractivity contribution in [1.82, 2.24) is 14.5 Å². The van der Waals surface area contributed by atoms with Gasteiger partial charge < -0.3 is 18.9 Å². The van der Waals surface area contributed by atoms with Crippen LogP contribution in [-0.4, -0.2) is 59.2 Å². The van der Waals surface area contributed by atoms with Crippen LogP contribution in [0, 0.1) is 29.1 Å². The fraction of sp³-hybridized carbons (Fsp3) is 0.898. The van der Waals surface area contributed by atoms with Gasteiger partial charge in [-0.05, 0) is 127 Å². The third-order valence-corrected chi connectivity index (χ3v) is 13.9. The number of carbonyl (C=O) groups is 2. The molecule has 5 rings (SSSR count). The van der Waals surface area contributed by atoms with Crippen LogP contribution in [0.3, 0.4) is 0 Å². The molecule has 0 radical (unpaired) electrons. The van der Waals surface area contributed by atoms with Crippen LogP contribution in [-0.2, 0) is 25.6 Å². The molecule has 2 atom stereocenters. The first-order chi connectivity index (χ1) is 27.5. The monoisotopic (exact) mass is 782 g/mol. The molecule has 4 saturated carbocycles. The zero-order valence-corrected chi connectivity index (χ0v) is 36.7. The summed E-state index contributed by atoms with van der Waals surface area (Å²) < 4.78 is 13.9. The Bertz CT molecular complexity index is 1110. The highest BCUT2D eigenvalue weighted by molar-refractivity contribution is 5.69. The van der Waals surface area contributed by atoms with E-state index in [1.54, 1.807) is 0 Å². The summed E-state index contributed by atoms with van der Waals surface area (Å²) in [5.74, 6) is 3.52. The predicted molar refractivity (Wildman–Crippen MR) is 231 cm³/mol. The minimum absolute atomic E-state index is 0.00693. The number of hydrogen-bond donors (Lipinski definition) is 0. The predicted octanol–water partition coefficient (Wildman–Crippen LogP) is 12.9. The van der Waals surface area contributed by atoms with E-state index >= 15 is 0 Å². The van der Waals surface area contributed by atoms with Gasteiger partial charge in [-0.2, -0.15) is 0 Å². The molecule has 0 aromatic carbocycles. The van der Waals surface area contributed by atoms with Crippen LogP contribution in [0.1, 0.15) is 213 Å². The molecule has 7 nitrogen and oxygen atoms in total. The van der Waals surface area contributed by atoms with Crippen LogP contribution in [0.4, 0.5) is 0 Å². The van der Waals surface area contributed by atoms with E-state index in [1.807, 2.05) is 12.5 Å². The van der Waals surface area contributed by atoms with Gasteiger partial charge >= 0.3 is 11.9 Å². The third kappa shape index (κ3) is 19.7. The van der Waals surface area contributed by atoms with Crippen LogP contribution in [0.15, 0.2) is 18.7 Å². The molecule has 0 saturated heterocycles. The number of imidazole rings is 1. The van der Waals surface area contributed by atoms with E-state index in [0.717, 1.165) is 82.5 Å². The Labute approximate surface area is 344 Å². The second-order valence-electron chi connectivity index (χ2n) is 19.0. The zero-order chi connectivity index (χ0) is 39.5. The topological polar surface area (TPSA) is 73.7 Å². The summed E-state index contributed by atoms with van der Waals surface area (Å²) in [5.41, 5.74) is 0.304. The van der Waals surface area contributed by atoms with Crippen LogP contribution >= 0.6 is 0 Å². The summed E-state index contributed by atoms with van der Waals surface area (Å²) in [6.07, 6.45) is 43.4. The quantitative estimate of drug-likeness (QED) is 0.0504. The van der Waals surface area contributed by atoms with E-state index in [4.69, 9.17) is 9.47 Å². The molecule has 0 amide bonds. The molecule has 7 heteroatoms. The maximum Gasteiger partial charge on any atom is 0.305 e. The first-order valence-electron chi connectivity index (χ1n) is 24.5. The molecule has 1 aromatic heterocycles. The standard InChI is InChI=1S/C49H87N3O4/c1-3-5-7-15-22-43(23-16-8-6-4-2)27-35-55-47(53)24-17-11-9-13-19-30-51(32-21-33-52-34-29-50-42-52)31-20-14-10-12-18-25-48(54)56-41-49-28-26-44-36-45(39-49)38-46(37-44)40-49/h29,34,42-46H,3-28,30-33,35-41H2,1-2H3. The van der Waals surface area contributed by atoms with Crippen molar-refractivity contribution in [3.8, 4) is 0 Å². The zero-order valence-electron chi connectivity index (χ0n) is 36.7. The van der Waals surface area contributed by atoms with E-state index in [2.05, 4.69) is 34.5 Å². The molecule has 0 aliphatic heterocycles. The average Bonchev–Trinajstić information content (AvgIpc) is 3.63. The van der Waals surface area contributed by atoms with Crippen LogP contribution in [0.2, 0.25) is 0 Å². The lowest BCUT2D eigenvalue weighted by Crippen LogP contribution is -2.37. The van der Waals surface area contributed by atoms with E-state index in [1.165, 1.54) is 148 Å². The molecule has 4 aliphatic rings. The second kappa shape index (κ2) is 28.5. The second-order valence-corrected chi connectivity index (χ2v) is 19.0. The van der Waals surface area contributed by atoms with Crippen molar-refractivity contribution < 1.29 is 19.1 Å². The molecule has 2 unspecified atom stereocenters. The van der Waals surface area contributed by atoms with Gasteiger partial charge in [-0.15, -0.1) is 0 Å². The first kappa shape index (κ1) is 46.8. The van der Waals surface area contributed by atoms with E-state index in [9.17, 15) is 9.59 Å². The lowest BCUT2D eigenvalue weighted by Gasteiger charge is -2.44. The van der Waals surface area contributed by atoms with Gasteiger partial charge in [0.1, 0.15) is 0 Å². The van der Waals surface area contributed by atoms with Crippen molar-refractivity contribution in [2.24, 2.45) is 29.1 Å². The lowest BCUT2D eigenvalue weighted by molar-refractivity contribution is -0.149. The maximum absolute atomic E-state index is 12.7. The molecule has 1 aromatic rings. The van der Waals surface area contributed by atoms with E-state index in [0.29, 0.717) is 37.4 Å². The van der Waals surface area contributed by atoms with Gasteiger partial charge in [0, 0.05) is 37.2 Å². The maximum atomic E-state index is 12.7. The number of nitrogens with zero attached hydrogens (tertiary/aromatic N) is 3. The highest BCUT2D eigenvalue weighted by Crippen LogP contribution is 2.57. The van der Waals surface area contributed by atoms with Crippen LogP contribution in [0.25, 0.3) is 0 Å². The molecule has 4 bridgehead atoms. The van der Waals surface area contributed by atoms with Crippen LogP contribution in [0.5, 0.6) is 0 Å². The van der Waals surface area contributed by atoms with Gasteiger partial charge in [0.2, 0.25) is 0 Å². The van der Waals surface area contributed by atoms with Gasteiger partial charge in [0.25, 0.3) is 0 Å². The fourth-order valence-electron chi connectivity index (χ4n) is 10.9.